The predicted octanol–water partition coefficient (Wildman–Crippen LogP) is 2.04. The number of likely N-dealkylation sites (tertiary alicyclic amines) is 1. The second kappa shape index (κ2) is 7.97. The summed E-state index contributed by atoms with van der Waals surface area (Å²) in [7, 11) is 0. The van der Waals surface area contributed by atoms with Gasteiger partial charge in [-0.05, 0) is 32.4 Å². The van der Waals surface area contributed by atoms with Crippen LogP contribution in [0.2, 0.25) is 0 Å². The Hall–Kier alpha value is -2.08. The van der Waals surface area contributed by atoms with Crippen molar-refractivity contribution in [2.75, 3.05) is 26.4 Å². The van der Waals surface area contributed by atoms with Crippen LogP contribution in [0.15, 0.2) is 24.3 Å². The molecule has 1 fully saturated rings. The maximum absolute atomic E-state index is 12.8. The quantitative estimate of drug-likeness (QED) is 0.778. The van der Waals surface area contributed by atoms with E-state index in [1.807, 2.05) is 6.92 Å². The Kier molecular flexibility index (Phi) is 5.98. The van der Waals surface area contributed by atoms with Crippen molar-refractivity contribution in [1.29, 1.82) is 0 Å². The topological polar surface area (TPSA) is 76.1 Å². The van der Waals surface area contributed by atoms with Crippen LogP contribution in [0.25, 0.3) is 0 Å². The van der Waals surface area contributed by atoms with Crippen molar-refractivity contribution in [1.82, 2.24) is 4.90 Å². The molecule has 1 aromatic carbocycles. The number of carbonyl (C=O) groups excluding carboxylic acids is 1. The summed E-state index contributed by atoms with van der Waals surface area (Å²) in [6.45, 7) is 5.58. The van der Waals surface area contributed by atoms with Crippen LogP contribution in [-0.4, -0.2) is 54.3 Å². The van der Waals surface area contributed by atoms with Gasteiger partial charge in [0.05, 0.1) is 18.1 Å². The molecule has 0 spiro atoms. The van der Waals surface area contributed by atoms with E-state index in [2.05, 4.69) is 0 Å². The molecule has 0 bridgehead atoms. The van der Waals surface area contributed by atoms with Gasteiger partial charge in [-0.2, -0.15) is 0 Å². The van der Waals surface area contributed by atoms with E-state index in [9.17, 15) is 14.7 Å². The van der Waals surface area contributed by atoms with Gasteiger partial charge in [-0.15, -0.1) is 0 Å². The first-order valence-electron chi connectivity index (χ1n) is 7.89. The fraction of sp³-hybridized carbons (Fsp3) is 0.529. The summed E-state index contributed by atoms with van der Waals surface area (Å²) in [5.41, 5.74) is 0.460. The first-order valence-corrected chi connectivity index (χ1v) is 7.89. The predicted molar refractivity (Wildman–Crippen MR) is 84.7 cm³/mol. The fourth-order valence-electron chi connectivity index (χ4n) is 2.84. The zero-order valence-electron chi connectivity index (χ0n) is 13.5. The van der Waals surface area contributed by atoms with Gasteiger partial charge in [-0.3, -0.25) is 9.59 Å². The summed E-state index contributed by atoms with van der Waals surface area (Å²) in [6, 6.07) is 6.71. The van der Waals surface area contributed by atoms with Crippen LogP contribution in [-0.2, 0) is 9.53 Å². The molecule has 1 heterocycles. The molecule has 1 amide bonds. The lowest BCUT2D eigenvalue weighted by Gasteiger charge is -2.24. The Morgan fingerprint density at radius 3 is 2.70 bits per heavy atom. The third-order valence-corrected chi connectivity index (χ3v) is 4.14. The summed E-state index contributed by atoms with van der Waals surface area (Å²) in [5.74, 6) is -1.05. The van der Waals surface area contributed by atoms with Gasteiger partial charge in [0.2, 0.25) is 0 Å². The number of rotatable bonds is 7. The van der Waals surface area contributed by atoms with Crippen LogP contribution in [0.5, 0.6) is 5.75 Å². The normalized spacial score (nSPS) is 20.5. The van der Waals surface area contributed by atoms with E-state index in [0.717, 1.165) is 0 Å². The van der Waals surface area contributed by atoms with Crippen LogP contribution in [0, 0.1) is 5.92 Å². The molecule has 2 unspecified atom stereocenters. The standard InChI is InChI=1S/C17H23NO5/c1-3-22-10-11-23-15-7-5-4-6-14(15)16(19)18-9-8-13(12(18)2)17(20)21/h4-7,12-13H,3,8-11H2,1-2H3,(H,20,21). The van der Waals surface area contributed by atoms with Gasteiger partial charge < -0.3 is 19.5 Å². The minimum absolute atomic E-state index is 0.187. The van der Waals surface area contributed by atoms with E-state index in [1.54, 1.807) is 36.1 Å². The third-order valence-electron chi connectivity index (χ3n) is 4.14. The molecule has 2 atom stereocenters. The van der Waals surface area contributed by atoms with Crippen LogP contribution in [0.3, 0.4) is 0 Å². The molecule has 1 N–H and O–H groups in total. The van der Waals surface area contributed by atoms with Crippen molar-refractivity contribution in [3.63, 3.8) is 0 Å². The Balaban J connectivity index is 2.09. The molecule has 1 aliphatic rings. The largest absolute Gasteiger partial charge is 0.490 e. The van der Waals surface area contributed by atoms with E-state index in [-0.39, 0.29) is 11.9 Å². The highest BCUT2D eigenvalue weighted by atomic mass is 16.5. The molecule has 6 nitrogen and oxygen atoms in total. The number of para-hydroxylation sites is 1. The van der Waals surface area contributed by atoms with Gasteiger partial charge in [0.15, 0.2) is 0 Å². The Bertz CT molecular complexity index is 560. The summed E-state index contributed by atoms with van der Waals surface area (Å²) >= 11 is 0. The number of amides is 1. The molecule has 23 heavy (non-hydrogen) atoms. The van der Waals surface area contributed by atoms with Crippen LogP contribution < -0.4 is 4.74 Å². The molecule has 0 aromatic heterocycles. The second-order valence-corrected chi connectivity index (χ2v) is 5.51. The number of ether oxygens (including phenoxy) is 2. The number of carbonyl (C=O) groups is 2. The Morgan fingerprint density at radius 2 is 2.04 bits per heavy atom. The SMILES string of the molecule is CCOCCOc1ccccc1C(=O)N1CCC(C(=O)O)C1C. The van der Waals surface area contributed by atoms with Crippen LogP contribution >= 0.6 is 0 Å². The van der Waals surface area contributed by atoms with E-state index in [4.69, 9.17) is 9.47 Å². The monoisotopic (exact) mass is 321 g/mol. The zero-order chi connectivity index (χ0) is 16.8. The van der Waals surface area contributed by atoms with E-state index < -0.39 is 11.9 Å². The third kappa shape index (κ3) is 4.01. The number of carboxylic acids is 1. The van der Waals surface area contributed by atoms with E-state index in [0.29, 0.717) is 44.1 Å². The number of hydrogen-bond donors (Lipinski definition) is 1. The number of hydrogen-bond acceptors (Lipinski definition) is 4. The summed E-state index contributed by atoms with van der Waals surface area (Å²) < 4.78 is 10.9. The van der Waals surface area contributed by atoms with Crippen molar-refractivity contribution < 1.29 is 24.2 Å². The van der Waals surface area contributed by atoms with Gasteiger partial charge >= 0.3 is 5.97 Å². The van der Waals surface area contributed by atoms with Gasteiger partial charge in [-0.1, -0.05) is 12.1 Å². The molecule has 0 radical (unpaired) electrons. The molecule has 6 heteroatoms. The maximum Gasteiger partial charge on any atom is 0.308 e. The molecule has 1 aromatic rings. The van der Waals surface area contributed by atoms with Gasteiger partial charge in [-0.25, -0.2) is 0 Å². The molecule has 1 saturated heterocycles. The molecule has 1 aliphatic heterocycles. The van der Waals surface area contributed by atoms with E-state index in [1.165, 1.54) is 0 Å². The molecule has 0 aliphatic carbocycles. The zero-order valence-corrected chi connectivity index (χ0v) is 13.5. The second-order valence-electron chi connectivity index (χ2n) is 5.51. The van der Waals surface area contributed by atoms with Crippen LogP contribution in [0.4, 0.5) is 0 Å². The van der Waals surface area contributed by atoms with Gasteiger partial charge in [0, 0.05) is 19.2 Å². The number of nitrogens with zero attached hydrogens (tertiary/aromatic N) is 1. The molecule has 2 rings (SSSR count). The maximum atomic E-state index is 12.8. The Labute approximate surface area is 136 Å². The highest BCUT2D eigenvalue weighted by Crippen LogP contribution is 2.28. The van der Waals surface area contributed by atoms with Gasteiger partial charge in [0.25, 0.3) is 5.91 Å². The summed E-state index contributed by atoms with van der Waals surface area (Å²) in [5, 5.41) is 9.20. The highest BCUT2D eigenvalue weighted by molar-refractivity contribution is 5.97. The van der Waals surface area contributed by atoms with E-state index >= 15 is 0 Å². The highest BCUT2D eigenvalue weighted by Gasteiger charge is 2.38. The summed E-state index contributed by atoms with van der Waals surface area (Å²) in [4.78, 5) is 25.6. The minimum atomic E-state index is -0.853. The molecular weight excluding hydrogens is 298 g/mol. The number of carboxylic acid groups (broad SMARTS) is 1. The summed E-state index contributed by atoms with van der Waals surface area (Å²) in [6.07, 6.45) is 0.482. The molecular formula is C17H23NO5. The van der Waals surface area contributed by atoms with Gasteiger partial charge in [0.1, 0.15) is 12.4 Å². The number of aliphatic carboxylic acids is 1. The number of benzene rings is 1. The van der Waals surface area contributed by atoms with Crippen molar-refractivity contribution in [3.8, 4) is 5.75 Å². The first-order chi connectivity index (χ1) is 11.1. The van der Waals surface area contributed by atoms with Crippen molar-refractivity contribution in [3.05, 3.63) is 29.8 Å². The molecule has 0 saturated carbocycles. The molecule has 126 valence electrons. The average Bonchev–Trinajstić information content (AvgIpc) is 2.93. The Morgan fingerprint density at radius 1 is 1.30 bits per heavy atom. The smallest absolute Gasteiger partial charge is 0.308 e. The van der Waals surface area contributed by atoms with Crippen LogP contribution in [0.1, 0.15) is 30.6 Å². The average molecular weight is 321 g/mol. The van der Waals surface area contributed by atoms with Crippen molar-refractivity contribution in [2.45, 2.75) is 26.3 Å². The lowest BCUT2D eigenvalue weighted by molar-refractivity contribution is -0.142. The van der Waals surface area contributed by atoms with Crippen molar-refractivity contribution >= 4 is 11.9 Å². The lowest BCUT2D eigenvalue weighted by Crippen LogP contribution is -2.37. The lowest BCUT2D eigenvalue weighted by atomic mass is 10.0. The minimum Gasteiger partial charge on any atom is -0.490 e. The first kappa shape index (κ1) is 17.3. The fourth-order valence-corrected chi connectivity index (χ4v) is 2.84. The van der Waals surface area contributed by atoms with Crippen molar-refractivity contribution in [2.24, 2.45) is 5.92 Å².